The zero-order valence-electron chi connectivity index (χ0n) is 10.8. The molecule has 1 aliphatic rings. The molecule has 0 atom stereocenters. The fraction of sp³-hybridized carbons (Fsp3) is 0.615. The predicted molar refractivity (Wildman–Crippen MR) is 86.5 cm³/mol. The SMILES string of the molecule is O=C(CCNCc1cc(Br)c(Br)s1)N1CCCCC1. The van der Waals surface area contributed by atoms with E-state index in [0.29, 0.717) is 12.3 Å². The Morgan fingerprint density at radius 2 is 2.05 bits per heavy atom. The number of carbonyl (C=O) groups excluding carboxylic acids is 1. The van der Waals surface area contributed by atoms with E-state index in [9.17, 15) is 4.79 Å². The molecule has 2 rings (SSSR count). The van der Waals surface area contributed by atoms with Crippen LogP contribution in [0.3, 0.4) is 0 Å². The van der Waals surface area contributed by atoms with Gasteiger partial charge < -0.3 is 10.2 Å². The van der Waals surface area contributed by atoms with Crippen molar-refractivity contribution < 1.29 is 4.79 Å². The first-order valence-electron chi connectivity index (χ1n) is 6.59. The number of rotatable bonds is 5. The highest BCUT2D eigenvalue weighted by Crippen LogP contribution is 2.32. The standard InChI is InChI=1S/C13H18Br2N2OS/c14-11-8-10(19-13(11)15)9-16-5-4-12(18)17-6-2-1-3-7-17/h8,16H,1-7,9H2. The molecule has 0 aliphatic carbocycles. The summed E-state index contributed by atoms with van der Waals surface area (Å²) in [6.07, 6.45) is 4.20. The first kappa shape index (κ1) is 15.5. The normalized spacial score (nSPS) is 15.8. The van der Waals surface area contributed by atoms with Gasteiger partial charge in [-0.15, -0.1) is 11.3 Å². The maximum absolute atomic E-state index is 11.9. The minimum Gasteiger partial charge on any atom is -0.343 e. The topological polar surface area (TPSA) is 32.3 Å². The molecule has 0 spiro atoms. The van der Waals surface area contributed by atoms with Crippen molar-refractivity contribution in [2.45, 2.75) is 32.2 Å². The fourth-order valence-corrected chi connectivity index (χ4v) is 4.33. The molecule has 6 heteroatoms. The number of hydrogen-bond donors (Lipinski definition) is 1. The molecule has 2 heterocycles. The second-order valence-corrected chi connectivity index (χ2v) is 8.01. The Labute approximate surface area is 135 Å². The molecular weight excluding hydrogens is 392 g/mol. The van der Waals surface area contributed by atoms with E-state index in [1.807, 2.05) is 4.90 Å². The predicted octanol–water partition coefficient (Wildman–Crippen LogP) is 3.77. The summed E-state index contributed by atoms with van der Waals surface area (Å²) in [5.74, 6) is 0.292. The molecule has 1 fully saturated rings. The van der Waals surface area contributed by atoms with Gasteiger partial charge in [-0.1, -0.05) is 0 Å². The summed E-state index contributed by atoms with van der Waals surface area (Å²) in [5, 5.41) is 3.33. The molecule has 1 N–H and O–H groups in total. The number of hydrogen-bond acceptors (Lipinski definition) is 3. The molecule has 0 unspecified atom stereocenters. The number of amides is 1. The zero-order valence-corrected chi connectivity index (χ0v) is 14.7. The highest BCUT2D eigenvalue weighted by atomic mass is 79.9. The van der Waals surface area contributed by atoms with E-state index >= 15 is 0 Å². The van der Waals surface area contributed by atoms with Gasteiger partial charge in [0.05, 0.1) is 3.79 Å². The van der Waals surface area contributed by atoms with E-state index in [1.165, 1.54) is 11.3 Å². The Morgan fingerprint density at radius 3 is 2.68 bits per heavy atom. The van der Waals surface area contributed by atoms with Gasteiger partial charge in [0.2, 0.25) is 5.91 Å². The van der Waals surface area contributed by atoms with Gasteiger partial charge >= 0.3 is 0 Å². The second kappa shape index (κ2) is 7.76. The van der Waals surface area contributed by atoms with Gasteiger partial charge in [0.1, 0.15) is 0 Å². The van der Waals surface area contributed by atoms with Crippen LogP contribution >= 0.6 is 43.2 Å². The van der Waals surface area contributed by atoms with Crippen molar-refractivity contribution in [2.75, 3.05) is 19.6 Å². The molecule has 19 heavy (non-hydrogen) atoms. The summed E-state index contributed by atoms with van der Waals surface area (Å²) in [6, 6.07) is 2.11. The van der Waals surface area contributed by atoms with E-state index in [4.69, 9.17) is 0 Å². The molecule has 1 aromatic heterocycles. The molecule has 3 nitrogen and oxygen atoms in total. The Bertz CT molecular complexity index is 411. The molecule has 1 amide bonds. The fourth-order valence-electron chi connectivity index (χ4n) is 2.19. The number of halogens is 2. The Balaban J connectivity index is 1.64. The summed E-state index contributed by atoms with van der Waals surface area (Å²) >= 11 is 8.67. The largest absolute Gasteiger partial charge is 0.343 e. The van der Waals surface area contributed by atoms with E-state index in [0.717, 1.165) is 47.3 Å². The molecular formula is C13H18Br2N2OS. The van der Waals surface area contributed by atoms with Crippen molar-refractivity contribution in [1.29, 1.82) is 0 Å². The zero-order chi connectivity index (χ0) is 13.7. The molecule has 1 aliphatic heterocycles. The molecule has 0 radical (unpaired) electrons. The van der Waals surface area contributed by atoms with Crippen LogP contribution in [0, 0.1) is 0 Å². The van der Waals surface area contributed by atoms with Crippen LogP contribution in [0.1, 0.15) is 30.6 Å². The molecule has 0 aromatic carbocycles. The van der Waals surface area contributed by atoms with Crippen LogP contribution in [0.5, 0.6) is 0 Å². The lowest BCUT2D eigenvalue weighted by Crippen LogP contribution is -2.37. The minimum atomic E-state index is 0.292. The lowest BCUT2D eigenvalue weighted by atomic mass is 10.1. The molecule has 106 valence electrons. The van der Waals surface area contributed by atoms with E-state index < -0.39 is 0 Å². The van der Waals surface area contributed by atoms with E-state index in [2.05, 4.69) is 43.2 Å². The Kier molecular flexibility index (Phi) is 6.32. The summed E-state index contributed by atoms with van der Waals surface area (Å²) in [4.78, 5) is 15.2. The first-order chi connectivity index (χ1) is 9.16. The van der Waals surface area contributed by atoms with Crippen molar-refractivity contribution in [3.05, 3.63) is 19.2 Å². The average Bonchev–Trinajstić information content (AvgIpc) is 2.74. The monoisotopic (exact) mass is 408 g/mol. The summed E-state index contributed by atoms with van der Waals surface area (Å²) in [5.41, 5.74) is 0. The third-order valence-electron chi connectivity index (χ3n) is 3.22. The summed E-state index contributed by atoms with van der Waals surface area (Å²) in [7, 11) is 0. The van der Waals surface area contributed by atoms with Crippen LogP contribution in [0.25, 0.3) is 0 Å². The van der Waals surface area contributed by atoms with Crippen molar-refractivity contribution in [2.24, 2.45) is 0 Å². The third kappa shape index (κ3) is 4.85. The van der Waals surface area contributed by atoms with Gasteiger partial charge in [0.15, 0.2) is 0 Å². The van der Waals surface area contributed by atoms with Gasteiger partial charge in [-0.05, 0) is 57.2 Å². The highest BCUT2D eigenvalue weighted by Gasteiger charge is 2.15. The van der Waals surface area contributed by atoms with Gasteiger partial charge in [0, 0.05) is 41.9 Å². The van der Waals surface area contributed by atoms with Crippen LogP contribution in [-0.2, 0) is 11.3 Å². The number of nitrogens with zero attached hydrogens (tertiary/aromatic N) is 1. The van der Waals surface area contributed by atoms with Crippen LogP contribution in [0.15, 0.2) is 14.3 Å². The maximum atomic E-state index is 11.9. The second-order valence-electron chi connectivity index (χ2n) is 4.70. The van der Waals surface area contributed by atoms with Crippen LogP contribution in [0.4, 0.5) is 0 Å². The number of carbonyl (C=O) groups is 1. The van der Waals surface area contributed by atoms with Crippen molar-refractivity contribution in [3.63, 3.8) is 0 Å². The van der Waals surface area contributed by atoms with Crippen molar-refractivity contribution in [1.82, 2.24) is 10.2 Å². The molecule has 0 saturated carbocycles. The Morgan fingerprint density at radius 1 is 1.32 bits per heavy atom. The van der Waals surface area contributed by atoms with Crippen LogP contribution < -0.4 is 5.32 Å². The molecule has 1 saturated heterocycles. The van der Waals surface area contributed by atoms with Gasteiger partial charge in [-0.25, -0.2) is 0 Å². The first-order valence-corrected chi connectivity index (χ1v) is 8.99. The van der Waals surface area contributed by atoms with E-state index in [-0.39, 0.29) is 0 Å². The van der Waals surface area contributed by atoms with Crippen LogP contribution in [-0.4, -0.2) is 30.4 Å². The highest BCUT2D eigenvalue weighted by molar-refractivity contribution is 9.13. The van der Waals surface area contributed by atoms with Crippen molar-refractivity contribution in [3.8, 4) is 0 Å². The Hall–Kier alpha value is 0.0900. The van der Waals surface area contributed by atoms with Gasteiger partial charge in [-0.3, -0.25) is 4.79 Å². The van der Waals surface area contributed by atoms with E-state index in [1.54, 1.807) is 11.3 Å². The molecule has 0 bridgehead atoms. The van der Waals surface area contributed by atoms with Gasteiger partial charge in [0.25, 0.3) is 0 Å². The molecule has 1 aromatic rings. The summed E-state index contributed by atoms with van der Waals surface area (Å²) < 4.78 is 2.22. The quantitative estimate of drug-likeness (QED) is 0.750. The van der Waals surface area contributed by atoms with Crippen molar-refractivity contribution >= 4 is 49.1 Å². The van der Waals surface area contributed by atoms with Crippen LogP contribution in [0.2, 0.25) is 0 Å². The lowest BCUT2D eigenvalue weighted by molar-refractivity contribution is -0.131. The number of piperidine rings is 1. The number of nitrogens with one attached hydrogen (secondary N) is 1. The summed E-state index contributed by atoms with van der Waals surface area (Å²) in [6.45, 7) is 3.47. The average molecular weight is 410 g/mol. The smallest absolute Gasteiger partial charge is 0.223 e. The lowest BCUT2D eigenvalue weighted by Gasteiger charge is -2.26. The number of likely N-dealkylation sites (tertiary alicyclic amines) is 1. The minimum absolute atomic E-state index is 0.292. The third-order valence-corrected chi connectivity index (χ3v) is 6.48. The number of thiophene rings is 1. The maximum Gasteiger partial charge on any atom is 0.223 e. The van der Waals surface area contributed by atoms with Gasteiger partial charge in [-0.2, -0.15) is 0 Å².